The number of hydrogen-bond donors (Lipinski definition) is 3. The molecule has 2 rings (SSSR count). The smallest absolute Gasteiger partial charge is 0.291 e. The number of nitrogen functional groups attached to an aromatic ring is 1. The summed E-state index contributed by atoms with van der Waals surface area (Å²) in [5.74, 6) is 1.22. The minimum Gasteiger partial charge on any atom is -1.00 e. The van der Waals surface area contributed by atoms with Crippen LogP contribution in [0.15, 0.2) is 11.7 Å². The van der Waals surface area contributed by atoms with Gasteiger partial charge in [-0.25, -0.2) is 9.97 Å². The Hall–Kier alpha value is -2.04. The predicted octanol–water partition coefficient (Wildman–Crippen LogP) is -2.74. The Kier molecular flexibility index (Phi) is 9.00. The van der Waals surface area contributed by atoms with Gasteiger partial charge in [-0.05, 0) is 6.92 Å². The van der Waals surface area contributed by atoms with Gasteiger partial charge in [0.15, 0.2) is 12.2 Å². The molecule has 2 heterocycles. The second-order valence-corrected chi connectivity index (χ2v) is 5.34. The van der Waals surface area contributed by atoms with Crippen LogP contribution in [0.3, 0.4) is 0 Å². The monoisotopic (exact) mass is 363 g/mol. The number of anilines is 1. The normalized spacial score (nSPS) is 9.52. The van der Waals surface area contributed by atoms with Crippen molar-refractivity contribution in [3.8, 4) is 0 Å². The quantitative estimate of drug-likeness (QED) is 0.304. The third-order valence-electron chi connectivity index (χ3n) is 2.85. The zero-order valence-corrected chi connectivity index (χ0v) is 14.2. The summed E-state index contributed by atoms with van der Waals surface area (Å²) >= 11 is 1.65. The fraction of sp³-hybridized carbons (Fsp3) is 0.417. The van der Waals surface area contributed by atoms with Gasteiger partial charge < -0.3 is 28.5 Å². The lowest BCUT2D eigenvalue weighted by Crippen LogP contribution is -3.00. The van der Waals surface area contributed by atoms with Gasteiger partial charge in [-0.1, -0.05) is 11.3 Å². The molecule has 0 spiro atoms. The first-order valence-corrected chi connectivity index (χ1v) is 7.21. The Morgan fingerprint density at radius 2 is 2.09 bits per heavy atom. The van der Waals surface area contributed by atoms with Crippen molar-refractivity contribution in [2.24, 2.45) is 0 Å². The summed E-state index contributed by atoms with van der Waals surface area (Å²) < 4.78 is 2.11. The minimum atomic E-state index is -1.50. The van der Waals surface area contributed by atoms with E-state index in [0.717, 1.165) is 11.3 Å². The molecule has 0 fully saturated rings. The molecule has 9 nitrogen and oxygen atoms in total. The fourth-order valence-electron chi connectivity index (χ4n) is 1.77. The Morgan fingerprint density at radius 3 is 2.61 bits per heavy atom. The van der Waals surface area contributed by atoms with Crippen molar-refractivity contribution in [1.82, 2.24) is 9.97 Å². The zero-order chi connectivity index (χ0) is 16.7. The molecule has 11 heteroatoms. The van der Waals surface area contributed by atoms with Crippen LogP contribution in [-0.4, -0.2) is 32.0 Å². The van der Waals surface area contributed by atoms with Crippen molar-refractivity contribution >= 4 is 17.2 Å². The number of aliphatic hydroxyl groups excluding tert-OH is 1. The maximum absolute atomic E-state index is 8.98. The van der Waals surface area contributed by atoms with Gasteiger partial charge in [0.25, 0.3) is 5.09 Å². The number of thiazole rings is 1. The number of rotatable bonds is 4. The van der Waals surface area contributed by atoms with Crippen LogP contribution in [0.4, 0.5) is 5.82 Å². The lowest BCUT2D eigenvalue weighted by Gasteiger charge is -2.01. The van der Waals surface area contributed by atoms with Gasteiger partial charge in [-0.15, -0.1) is 10.1 Å². The van der Waals surface area contributed by atoms with Gasteiger partial charge in [0, 0.05) is 26.1 Å². The molecule has 4 N–H and O–H groups in total. The molecule has 0 radical (unpaired) electrons. The Balaban J connectivity index is 0.000000871. The summed E-state index contributed by atoms with van der Waals surface area (Å²) in [4.78, 5) is 17.9. The molecule has 0 saturated heterocycles. The Morgan fingerprint density at radius 1 is 1.48 bits per heavy atom. The first kappa shape index (κ1) is 21.0. The maximum atomic E-state index is 8.98. The number of aromatic nitrogens is 3. The molecule has 0 atom stereocenters. The number of nitrogens with zero attached hydrogens (tertiary/aromatic N) is 4. The van der Waals surface area contributed by atoms with Crippen LogP contribution in [0.1, 0.15) is 22.0 Å². The topological polar surface area (TPSA) is 139 Å². The molecule has 0 bridgehead atoms. The molecule has 0 amide bonds. The van der Waals surface area contributed by atoms with Crippen LogP contribution >= 0.6 is 11.3 Å². The fourth-order valence-corrected chi connectivity index (χ4v) is 2.75. The van der Waals surface area contributed by atoms with Gasteiger partial charge >= 0.3 is 0 Å². The highest BCUT2D eigenvalue weighted by Crippen LogP contribution is 2.13. The third kappa shape index (κ3) is 6.72. The highest BCUT2D eigenvalue weighted by molar-refractivity contribution is 7.09. The van der Waals surface area contributed by atoms with Gasteiger partial charge in [0.1, 0.15) is 11.6 Å². The lowest BCUT2D eigenvalue weighted by atomic mass is 10.2. The second-order valence-electron chi connectivity index (χ2n) is 4.40. The number of hydrogen-bond acceptors (Lipinski definition) is 7. The molecular formula is C12H18ClN5O4S. The van der Waals surface area contributed by atoms with Crippen LogP contribution < -0.4 is 22.7 Å². The van der Waals surface area contributed by atoms with Crippen LogP contribution in [0.25, 0.3) is 0 Å². The number of nitrogens with two attached hydrogens (primary N) is 1. The van der Waals surface area contributed by atoms with Gasteiger partial charge in [-0.2, -0.15) is 4.57 Å². The zero-order valence-electron chi connectivity index (χ0n) is 12.6. The maximum Gasteiger partial charge on any atom is 0.291 e. The Bertz CT molecular complexity index is 648. The van der Waals surface area contributed by atoms with E-state index in [-0.39, 0.29) is 19.0 Å². The van der Waals surface area contributed by atoms with E-state index in [0.29, 0.717) is 24.6 Å². The first-order valence-electron chi connectivity index (χ1n) is 6.33. The van der Waals surface area contributed by atoms with Crippen LogP contribution in [0.5, 0.6) is 0 Å². The average molecular weight is 364 g/mol. The van der Waals surface area contributed by atoms with Crippen LogP contribution in [0, 0.1) is 24.0 Å². The molecule has 23 heavy (non-hydrogen) atoms. The summed E-state index contributed by atoms with van der Waals surface area (Å²) in [5, 5.41) is 22.6. The molecule has 2 aromatic rings. The van der Waals surface area contributed by atoms with E-state index in [1.54, 1.807) is 17.5 Å². The van der Waals surface area contributed by atoms with Crippen LogP contribution in [0.2, 0.25) is 0 Å². The molecular weight excluding hydrogens is 346 g/mol. The van der Waals surface area contributed by atoms with Gasteiger partial charge in [0.2, 0.25) is 5.51 Å². The lowest BCUT2D eigenvalue weighted by molar-refractivity contribution is -0.742. The van der Waals surface area contributed by atoms with Crippen molar-refractivity contribution in [2.75, 3.05) is 12.3 Å². The molecule has 0 aromatic carbocycles. The van der Waals surface area contributed by atoms with Crippen molar-refractivity contribution in [3.05, 3.63) is 43.8 Å². The molecule has 0 unspecified atom stereocenters. The number of aryl methyl sites for hydroxylation is 1. The third-order valence-corrected chi connectivity index (χ3v) is 4.00. The van der Waals surface area contributed by atoms with E-state index in [4.69, 9.17) is 26.2 Å². The summed E-state index contributed by atoms with van der Waals surface area (Å²) in [7, 11) is 0. The largest absolute Gasteiger partial charge is 1.00 e. The Labute approximate surface area is 143 Å². The second kappa shape index (κ2) is 9.87. The molecule has 128 valence electrons. The summed E-state index contributed by atoms with van der Waals surface area (Å²) in [6, 6.07) is 0. The molecule has 0 aliphatic carbocycles. The van der Waals surface area contributed by atoms with Crippen molar-refractivity contribution in [3.63, 3.8) is 0 Å². The predicted molar refractivity (Wildman–Crippen MR) is 79.1 cm³/mol. The molecule has 0 aliphatic rings. The molecule has 0 aliphatic heterocycles. The van der Waals surface area contributed by atoms with Crippen molar-refractivity contribution < 1.29 is 32.4 Å². The summed E-state index contributed by atoms with van der Waals surface area (Å²) in [5.41, 5.74) is 10.0. The van der Waals surface area contributed by atoms with Crippen molar-refractivity contribution in [1.29, 1.82) is 0 Å². The van der Waals surface area contributed by atoms with E-state index in [1.165, 1.54) is 4.88 Å². The first-order chi connectivity index (χ1) is 10.3. The van der Waals surface area contributed by atoms with Crippen LogP contribution in [-0.2, 0) is 13.0 Å². The van der Waals surface area contributed by atoms with E-state index < -0.39 is 5.09 Å². The number of halogens is 1. The van der Waals surface area contributed by atoms with Crippen molar-refractivity contribution in [2.45, 2.75) is 26.8 Å². The average Bonchev–Trinajstić information content (AvgIpc) is 2.75. The number of aliphatic hydroxyl groups is 1. The SMILES string of the molecule is Cc1ncc(C[n+]2csc(CCO)c2C)c(N)n1.O=[N+]([O-])O.[Cl-]. The minimum absolute atomic E-state index is 0. The van der Waals surface area contributed by atoms with E-state index >= 15 is 0 Å². The molecule has 2 aromatic heterocycles. The van der Waals surface area contributed by atoms with Gasteiger partial charge in [-0.3, -0.25) is 0 Å². The van der Waals surface area contributed by atoms with Gasteiger partial charge in [0.05, 0.1) is 10.4 Å². The summed E-state index contributed by atoms with van der Waals surface area (Å²) in [6.45, 7) is 4.71. The highest BCUT2D eigenvalue weighted by atomic mass is 35.5. The standard InChI is InChI=1S/C12H17N4OS.ClH.HNO3/c1-8-11(3-4-17)18-7-16(8)6-10-5-14-9(2)15-12(10)13;;2-1(3)4/h5,7,17H,3-4,6H2,1-2H3,(H2,13,14,15);1H;(H,2,3,4)/q+1;;/p-1. The van der Waals surface area contributed by atoms with E-state index in [2.05, 4.69) is 14.5 Å². The summed E-state index contributed by atoms with van der Waals surface area (Å²) in [6.07, 6.45) is 2.47. The highest BCUT2D eigenvalue weighted by Gasteiger charge is 2.16. The molecule has 0 saturated carbocycles. The van der Waals surface area contributed by atoms with E-state index in [1.807, 2.05) is 19.4 Å². The van der Waals surface area contributed by atoms with E-state index in [9.17, 15) is 0 Å².